The zero-order valence-electron chi connectivity index (χ0n) is 16.5. The molecular weight excluding hydrogens is 334 g/mol. The van der Waals surface area contributed by atoms with Crippen LogP contribution in [0.25, 0.3) is 17.2 Å². The number of rotatable bonds is 6. The van der Waals surface area contributed by atoms with Crippen LogP contribution in [-0.4, -0.2) is 17.1 Å². The third-order valence-electron chi connectivity index (χ3n) is 5.52. The zero-order chi connectivity index (χ0) is 19.4. The van der Waals surface area contributed by atoms with Gasteiger partial charge in [-0.3, -0.25) is 0 Å². The van der Waals surface area contributed by atoms with Crippen molar-refractivity contribution >= 4 is 17.7 Å². The summed E-state index contributed by atoms with van der Waals surface area (Å²) in [5.74, 6) is -0.844. The van der Waals surface area contributed by atoms with Crippen LogP contribution in [0, 0.1) is 13.8 Å². The van der Waals surface area contributed by atoms with E-state index in [-0.39, 0.29) is 0 Å². The number of carboxylic acid groups (broad SMARTS) is 1. The fraction of sp³-hybridized carbons (Fsp3) is 0.375. The number of hydrogen-bond acceptors (Lipinski definition) is 2. The van der Waals surface area contributed by atoms with Gasteiger partial charge in [0, 0.05) is 17.3 Å². The minimum atomic E-state index is -0.844. The fourth-order valence-electron chi connectivity index (χ4n) is 3.86. The number of carboxylic acids is 1. The first-order valence-electron chi connectivity index (χ1n) is 9.90. The highest BCUT2D eigenvalue weighted by Gasteiger charge is 2.14. The summed E-state index contributed by atoms with van der Waals surface area (Å²) in [5, 5.41) is 12.9. The van der Waals surface area contributed by atoms with Gasteiger partial charge in [-0.1, -0.05) is 44.0 Å². The first kappa shape index (κ1) is 19.2. The van der Waals surface area contributed by atoms with Crippen LogP contribution in [0.4, 0.5) is 5.69 Å². The molecular formula is C24H29NO2. The highest BCUT2D eigenvalue weighted by molar-refractivity contribution is 5.92. The number of hydrogen-bond donors (Lipinski definition) is 2. The van der Waals surface area contributed by atoms with Crippen molar-refractivity contribution in [2.75, 3.05) is 5.32 Å². The number of aliphatic carboxylic acids is 1. The molecule has 1 aliphatic rings. The van der Waals surface area contributed by atoms with Gasteiger partial charge in [-0.15, -0.1) is 0 Å². The molecule has 0 aliphatic heterocycles. The van der Waals surface area contributed by atoms with Gasteiger partial charge in [0.05, 0.1) is 0 Å². The van der Waals surface area contributed by atoms with E-state index in [1.807, 2.05) is 13.8 Å². The molecule has 1 saturated carbocycles. The largest absolute Gasteiger partial charge is 0.478 e. The van der Waals surface area contributed by atoms with Crippen molar-refractivity contribution in [3.8, 4) is 11.1 Å². The van der Waals surface area contributed by atoms with Crippen molar-refractivity contribution in [1.29, 1.82) is 0 Å². The lowest BCUT2D eigenvalue weighted by atomic mass is 9.93. The second kappa shape index (κ2) is 8.43. The molecule has 142 valence electrons. The Hall–Kier alpha value is -2.55. The first-order chi connectivity index (χ1) is 13.0. The van der Waals surface area contributed by atoms with Crippen molar-refractivity contribution in [1.82, 2.24) is 0 Å². The molecule has 3 heteroatoms. The van der Waals surface area contributed by atoms with Crippen molar-refractivity contribution in [2.45, 2.75) is 58.9 Å². The van der Waals surface area contributed by atoms with E-state index in [1.165, 1.54) is 42.5 Å². The van der Waals surface area contributed by atoms with Crippen LogP contribution in [0.15, 0.2) is 42.0 Å². The summed E-state index contributed by atoms with van der Waals surface area (Å²) in [6, 6.07) is 13.5. The molecule has 0 atom stereocenters. The van der Waals surface area contributed by atoms with Crippen molar-refractivity contribution < 1.29 is 9.90 Å². The monoisotopic (exact) mass is 363 g/mol. The predicted octanol–water partition coefficient (Wildman–Crippen LogP) is 6.20. The number of anilines is 1. The van der Waals surface area contributed by atoms with Gasteiger partial charge in [-0.2, -0.15) is 0 Å². The Bertz CT molecular complexity index is 843. The van der Waals surface area contributed by atoms with Gasteiger partial charge in [0.15, 0.2) is 0 Å². The van der Waals surface area contributed by atoms with Gasteiger partial charge in [0.25, 0.3) is 0 Å². The van der Waals surface area contributed by atoms with Gasteiger partial charge >= 0.3 is 5.97 Å². The molecule has 0 saturated heterocycles. The van der Waals surface area contributed by atoms with E-state index in [0.29, 0.717) is 18.0 Å². The molecule has 1 aliphatic carbocycles. The Labute approximate surface area is 162 Å². The SMILES string of the molecule is CC/C(=C\c1cc(C)c(-c2ccc(NC3CCCC3)cc2)cc1C)C(=O)O. The second-order valence-corrected chi connectivity index (χ2v) is 7.56. The van der Waals surface area contributed by atoms with Gasteiger partial charge in [0.2, 0.25) is 0 Å². The summed E-state index contributed by atoms with van der Waals surface area (Å²) in [6.07, 6.45) is 7.51. The van der Waals surface area contributed by atoms with Crippen LogP contribution in [0.2, 0.25) is 0 Å². The molecule has 27 heavy (non-hydrogen) atoms. The Morgan fingerprint density at radius 1 is 1.11 bits per heavy atom. The maximum atomic E-state index is 11.3. The van der Waals surface area contributed by atoms with Crippen LogP contribution in [0.5, 0.6) is 0 Å². The molecule has 0 bridgehead atoms. The van der Waals surface area contributed by atoms with E-state index < -0.39 is 5.97 Å². The fourth-order valence-corrected chi connectivity index (χ4v) is 3.86. The molecule has 3 nitrogen and oxygen atoms in total. The number of nitrogens with one attached hydrogen (secondary N) is 1. The summed E-state index contributed by atoms with van der Waals surface area (Å²) < 4.78 is 0. The van der Waals surface area contributed by atoms with Crippen molar-refractivity contribution in [3.05, 3.63) is 58.7 Å². The van der Waals surface area contributed by atoms with E-state index >= 15 is 0 Å². The quantitative estimate of drug-likeness (QED) is 0.600. The van der Waals surface area contributed by atoms with Crippen LogP contribution in [0.1, 0.15) is 55.7 Å². The first-order valence-corrected chi connectivity index (χ1v) is 9.90. The average Bonchev–Trinajstić information content (AvgIpc) is 3.15. The highest BCUT2D eigenvalue weighted by atomic mass is 16.4. The van der Waals surface area contributed by atoms with Gasteiger partial charge in [-0.05, 0) is 79.1 Å². The Morgan fingerprint density at radius 2 is 1.78 bits per heavy atom. The molecule has 2 N–H and O–H groups in total. The van der Waals surface area contributed by atoms with E-state index in [4.69, 9.17) is 0 Å². The zero-order valence-corrected chi connectivity index (χ0v) is 16.5. The number of aryl methyl sites for hydroxylation is 2. The topological polar surface area (TPSA) is 49.3 Å². The standard InChI is InChI=1S/C24H29NO2/c1-4-18(24(26)27)15-20-13-17(3)23(14-16(20)2)19-9-11-22(12-10-19)25-21-7-5-6-8-21/h9-15,21,25H,4-8H2,1-3H3,(H,26,27)/b18-15+. The molecule has 0 radical (unpaired) electrons. The lowest BCUT2D eigenvalue weighted by Crippen LogP contribution is -2.14. The second-order valence-electron chi connectivity index (χ2n) is 7.56. The Balaban J connectivity index is 1.84. The van der Waals surface area contributed by atoms with Crippen LogP contribution in [-0.2, 0) is 4.79 Å². The van der Waals surface area contributed by atoms with Gasteiger partial charge in [-0.25, -0.2) is 4.79 Å². The number of carbonyl (C=O) groups is 1. The number of benzene rings is 2. The van der Waals surface area contributed by atoms with Gasteiger partial charge in [0.1, 0.15) is 0 Å². The summed E-state index contributed by atoms with van der Waals surface area (Å²) >= 11 is 0. The predicted molar refractivity (Wildman–Crippen MR) is 113 cm³/mol. The lowest BCUT2D eigenvalue weighted by molar-refractivity contribution is -0.132. The van der Waals surface area contributed by atoms with E-state index in [1.54, 1.807) is 6.08 Å². The molecule has 0 spiro atoms. The minimum absolute atomic E-state index is 0.438. The molecule has 1 fully saturated rings. The minimum Gasteiger partial charge on any atom is -0.478 e. The summed E-state index contributed by atoms with van der Waals surface area (Å²) in [4.78, 5) is 11.3. The maximum absolute atomic E-state index is 11.3. The lowest BCUT2D eigenvalue weighted by Gasteiger charge is -2.15. The molecule has 2 aromatic rings. The van der Waals surface area contributed by atoms with E-state index in [0.717, 1.165) is 16.7 Å². The third-order valence-corrected chi connectivity index (χ3v) is 5.52. The third kappa shape index (κ3) is 4.60. The summed E-state index contributed by atoms with van der Waals surface area (Å²) in [6.45, 7) is 6.00. The smallest absolute Gasteiger partial charge is 0.331 e. The molecule has 3 rings (SSSR count). The Morgan fingerprint density at radius 3 is 2.37 bits per heavy atom. The molecule has 2 aromatic carbocycles. The molecule has 0 unspecified atom stereocenters. The summed E-state index contributed by atoms with van der Waals surface area (Å²) in [5.41, 5.74) is 7.25. The van der Waals surface area contributed by atoms with Gasteiger partial charge < -0.3 is 10.4 Å². The van der Waals surface area contributed by atoms with Crippen molar-refractivity contribution in [3.63, 3.8) is 0 Å². The molecule has 0 heterocycles. The van der Waals surface area contributed by atoms with Crippen LogP contribution >= 0.6 is 0 Å². The van der Waals surface area contributed by atoms with Crippen molar-refractivity contribution in [2.24, 2.45) is 0 Å². The maximum Gasteiger partial charge on any atom is 0.331 e. The normalized spacial score (nSPS) is 15.1. The molecule has 0 amide bonds. The average molecular weight is 364 g/mol. The molecule has 0 aromatic heterocycles. The Kier molecular flexibility index (Phi) is 6.00. The highest BCUT2D eigenvalue weighted by Crippen LogP contribution is 2.30. The van der Waals surface area contributed by atoms with Crippen LogP contribution < -0.4 is 5.32 Å². The summed E-state index contributed by atoms with van der Waals surface area (Å²) in [7, 11) is 0. The van der Waals surface area contributed by atoms with E-state index in [2.05, 4.69) is 48.6 Å². The van der Waals surface area contributed by atoms with E-state index in [9.17, 15) is 9.90 Å². The van der Waals surface area contributed by atoms with Crippen LogP contribution in [0.3, 0.4) is 0 Å².